The van der Waals surface area contributed by atoms with Crippen LogP contribution in [-0.2, 0) is 14.3 Å². The van der Waals surface area contributed by atoms with E-state index in [9.17, 15) is 9.59 Å². The number of hydrogen-bond acceptors (Lipinski definition) is 3. The summed E-state index contributed by atoms with van der Waals surface area (Å²) in [4.78, 5) is 22.1. The summed E-state index contributed by atoms with van der Waals surface area (Å²) in [7, 11) is 0. The largest absolute Gasteiger partial charge is 0.465 e. The maximum absolute atomic E-state index is 11.3. The third kappa shape index (κ3) is 3.68. The lowest BCUT2D eigenvalue weighted by Gasteiger charge is -2.61. The van der Waals surface area contributed by atoms with Crippen LogP contribution >= 0.6 is 11.6 Å². The van der Waals surface area contributed by atoms with Crippen molar-refractivity contribution in [2.45, 2.75) is 97.5 Å². The van der Waals surface area contributed by atoms with E-state index >= 15 is 0 Å². The molecule has 0 aliphatic heterocycles. The van der Waals surface area contributed by atoms with Gasteiger partial charge in [0.15, 0.2) is 0 Å². The van der Waals surface area contributed by atoms with Crippen molar-refractivity contribution in [3.8, 4) is 0 Å². The third-order valence-electron chi connectivity index (χ3n) is 10.4. The summed E-state index contributed by atoms with van der Waals surface area (Å²) < 4.78 is 5.36. The Balaban J connectivity index is 1.48. The number of carbonyl (C=O) groups excluding carboxylic acids is 2. The maximum atomic E-state index is 11.3. The van der Waals surface area contributed by atoms with Crippen LogP contribution in [0.4, 0.5) is 0 Å². The minimum atomic E-state index is -0.180. The Morgan fingerprint density at radius 3 is 2.52 bits per heavy atom. The zero-order valence-electron chi connectivity index (χ0n) is 18.5. The second-order valence-electron chi connectivity index (χ2n) is 11.4. The standard InChI is InChI=1S/C25H39ClO3/c1-16(4-9-23(26)28)20-7-8-21-19-6-5-17-14-18(29-15-27)10-12-24(17,2)22(19)11-13-25(20,21)3/h15-22H,4-14H2,1-3H3/t16-,17-,18-,19+,20-,21+,22+,24+,25-/m1/s1. The number of fused-ring (bicyclic) bond motifs is 5. The van der Waals surface area contributed by atoms with Gasteiger partial charge in [0.25, 0.3) is 6.47 Å². The van der Waals surface area contributed by atoms with Crippen LogP contribution in [0.5, 0.6) is 0 Å². The molecule has 9 atom stereocenters. The molecule has 4 rings (SSSR count). The van der Waals surface area contributed by atoms with Gasteiger partial charge in [0.1, 0.15) is 6.10 Å². The van der Waals surface area contributed by atoms with Crippen LogP contribution in [0.1, 0.15) is 91.4 Å². The molecule has 0 heterocycles. The Labute approximate surface area is 181 Å². The fourth-order valence-corrected chi connectivity index (χ4v) is 9.05. The van der Waals surface area contributed by atoms with Crippen molar-refractivity contribution < 1.29 is 14.3 Å². The van der Waals surface area contributed by atoms with Gasteiger partial charge in [0.2, 0.25) is 5.24 Å². The normalized spacial score (nSPS) is 47.4. The fourth-order valence-electron chi connectivity index (χ4n) is 8.94. The Hall–Kier alpha value is -0.570. The van der Waals surface area contributed by atoms with Crippen molar-refractivity contribution in [2.75, 3.05) is 0 Å². The van der Waals surface area contributed by atoms with Crippen LogP contribution in [-0.4, -0.2) is 17.8 Å². The van der Waals surface area contributed by atoms with Gasteiger partial charge in [-0.25, -0.2) is 0 Å². The van der Waals surface area contributed by atoms with Crippen molar-refractivity contribution in [1.29, 1.82) is 0 Å². The zero-order valence-corrected chi connectivity index (χ0v) is 19.3. The van der Waals surface area contributed by atoms with E-state index in [0.29, 0.717) is 29.6 Å². The first kappa shape index (κ1) is 21.7. The number of rotatable bonds is 6. The summed E-state index contributed by atoms with van der Waals surface area (Å²) in [6.45, 7) is 8.16. The first-order chi connectivity index (χ1) is 13.8. The molecule has 3 nitrogen and oxygen atoms in total. The number of carbonyl (C=O) groups is 2. The second kappa shape index (κ2) is 8.17. The fraction of sp³-hybridized carbons (Fsp3) is 0.920. The Morgan fingerprint density at radius 1 is 1.07 bits per heavy atom. The van der Waals surface area contributed by atoms with Crippen LogP contribution in [0.2, 0.25) is 0 Å². The van der Waals surface area contributed by atoms with Crippen molar-refractivity contribution in [3.05, 3.63) is 0 Å². The van der Waals surface area contributed by atoms with Gasteiger partial charge in [-0.2, -0.15) is 0 Å². The van der Waals surface area contributed by atoms with Gasteiger partial charge in [-0.15, -0.1) is 0 Å². The molecule has 164 valence electrons. The van der Waals surface area contributed by atoms with Gasteiger partial charge in [-0.3, -0.25) is 9.59 Å². The molecular formula is C25H39ClO3. The molecule has 0 radical (unpaired) electrons. The molecule has 0 aromatic rings. The highest BCUT2D eigenvalue weighted by molar-refractivity contribution is 6.63. The molecule has 4 aliphatic carbocycles. The first-order valence-electron chi connectivity index (χ1n) is 12.1. The average Bonchev–Trinajstić information content (AvgIpc) is 3.04. The van der Waals surface area contributed by atoms with E-state index in [0.717, 1.165) is 48.9 Å². The number of halogens is 1. The monoisotopic (exact) mass is 422 g/mol. The van der Waals surface area contributed by atoms with E-state index in [-0.39, 0.29) is 11.3 Å². The molecule has 4 fully saturated rings. The smallest absolute Gasteiger partial charge is 0.293 e. The van der Waals surface area contributed by atoms with Crippen molar-refractivity contribution in [3.63, 3.8) is 0 Å². The van der Waals surface area contributed by atoms with E-state index in [1.807, 2.05) is 0 Å². The quantitative estimate of drug-likeness (QED) is 0.369. The van der Waals surface area contributed by atoms with E-state index in [1.165, 1.54) is 44.9 Å². The molecule has 4 saturated carbocycles. The Morgan fingerprint density at radius 2 is 1.79 bits per heavy atom. The Kier molecular flexibility index (Phi) is 6.10. The minimum Gasteiger partial charge on any atom is -0.465 e. The summed E-state index contributed by atoms with van der Waals surface area (Å²) in [5.74, 6) is 4.61. The molecule has 29 heavy (non-hydrogen) atoms. The molecule has 4 aliphatic rings. The van der Waals surface area contributed by atoms with Gasteiger partial charge in [0, 0.05) is 6.42 Å². The molecular weight excluding hydrogens is 384 g/mol. The first-order valence-corrected chi connectivity index (χ1v) is 12.4. The van der Waals surface area contributed by atoms with Crippen LogP contribution in [0.25, 0.3) is 0 Å². The highest BCUT2D eigenvalue weighted by atomic mass is 35.5. The highest BCUT2D eigenvalue weighted by Crippen LogP contribution is 2.68. The average molecular weight is 423 g/mol. The SMILES string of the molecule is C[C@H](CCC(=O)Cl)[C@H]1CC[C@H]2[C@@H]3CC[C@@H]4C[C@H](OC=O)CC[C@]4(C)[C@H]3CC[C@]12C. The second-order valence-corrected chi connectivity index (χ2v) is 11.8. The van der Waals surface area contributed by atoms with E-state index in [2.05, 4.69) is 20.8 Å². The molecule has 0 saturated heterocycles. The third-order valence-corrected chi connectivity index (χ3v) is 10.6. The number of hydrogen-bond donors (Lipinski definition) is 0. The van der Waals surface area contributed by atoms with Gasteiger partial charge in [-0.05, 0) is 122 Å². The summed E-state index contributed by atoms with van der Waals surface area (Å²) >= 11 is 5.63. The summed E-state index contributed by atoms with van der Waals surface area (Å²) in [6.07, 6.45) is 13.0. The molecule has 0 aromatic carbocycles. The van der Waals surface area contributed by atoms with Crippen LogP contribution < -0.4 is 0 Å². The Bertz CT molecular complexity index is 636. The van der Waals surface area contributed by atoms with Crippen LogP contribution in [0.15, 0.2) is 0 Å². The molecule has 0 N–H and O–H groups in total. The predicted molar refractivity (Wildman–Crippen MR) is 115 cm³/mol. The lowest BCUT2D eigenvalue weighted by molar-refractivity contribution is -0.151. The van der Waals surface area contributed by atoms with Crippen molar-refractivity contribution >= 4 is 23.3 Å². The van der Waals surface area contributed by atoms with E-state index < -0.39 is 0 Å². The van der Waals surface area contributed by atoms with Gasteiger partial charge < -0.3 is 4.74 Å². The minimum absolute atomic E-state index is 0.150. The van der Waals surface area contributed by atoms with E-state index in [1.54, 1.807) is 0 Å². The summed E-state index contributed by atoms with van der Waals surface area (Å²) in [6, 6.07) is 0. The van der Waals surface area contributed by atoms with Crippen LogP contribution in [0, 0.1) is 46.3 Å². The molecule has 4 heteroatoms. The lowest BCUT2D eigenvalue weighted by Crippen LogP contribution is -2.54. The molecule has 0 amide bonds. The molecule has 0 unspecified atom stereocenters. The summed E-state index contributed by atoms with van der Waals surface area (Å²) in [5.41, 5.74) is 0.874. The number of ether oxygens (including phenoxy) is 1. The highest BCUT2D eigenvalue weighted by Gasteiger charge is 2.60. The molecule has 0 aromatic heterocycles. The molecule has 0 bridgehead atoms. The van der Waals surface area contributed by atoms with Gasteiger partial charge in [0.05, 0.1) is 0 Å². The topological polar surface area (TPSA) is 43.4 Å². The predicted octanol–water partition coefficient (Wildman–Crippen LogP) is 6.37. The van der Waals surface area contributed by atoms with E-state index in [4.69, 9.17) is 16.3 Å². The zero-order chi connectivity index (χ0) is 20.8. The van der Waals surface area contributed by atoms with Crippen molar-refractivity contribution in [1.82, 2.24) is 0 Å². The molecule has 0 spiro atoms. The van der Waals surface area contributed by atoms with Crippen LogP contribution in [0.3, 0.4) is 0 Å². The summed E-state index contributed by atoms with van der Waals surface area (Å²) in [5, 5.41) is -0.180. The lowest BCUT2D eigenvalue weighted by atomic mass is 9.44. The van der Waals surface area contributed by atoms with Gasteiger partial charge in [-0.1, -0.05) is 20.8 Å². The van der Waals surface area contributed by atoms with Gasteiger partial charge >= 0.3 is 0 Å². The maximum Gasteiger partial charge on any atom is 0.293 e. The van der Waals surface area contributed by atoms with Crippen molar-refractivity contribution in [2.24, 2.45) is 46.3 Å².